The third-order valence-corrected chi connectivity index (χ3v) is 10.2. The van der Waals surface area contributed by atoms with Crippen molar-refractivity contribution in [2.24, 2.45) is 5.92 Å². The van der Waals surface area contributed by atoms with Gasteiger partial charge in [-0.25, -0.2) is 36.5 Å². The molecule has 0 spiro atoms. The highest BCUT2D eigenvalue weighted by Crippen LogP contribution is 2.42. The van der Waals surface area contributed by atoms with Crippen molar-refractivity contribution in [2.45, 2.75) is 62.8 Å². The predicted octanol–water partition coefficient (Wildman–Crippen LogP) is 6.84. The van der Waals surface area contributed by atoms with Crippen LogP contribution >= 0.6 is 11.3 Å². The van der Waals surface area contributed by atoms with Gasteiger partial charge in [0.15, 0.2) is 10.7 Å². The minimum Gasteiger partial charge on any atom is -0.481 e. The van der Waals surface area contributed by atoms with Crippen LogP contribution in [0.3, 0.4) is 0 Å². The van der Waals surface area contributed by atoms with Gasteiger partial charge in [0.1, 0.15) is 11.6 Å². The molecular weight excluding hydrogens is 615 g/mol. The van der Waals surface area contributed by atoms with Crippen LogP contribution in [-0.2, 0) is 20.2 Å². The molecule has 4 aromatic rings. The molecule has 2 heterocycles. The molecule has 0 unspecified atom stereocenters. The topological polar surface area (TPSA) is 134 Å². The second kappa shape index (κ2) is 12.2. The number of halogens is 3. The lowest BCUT2D eigenvalue weighted by Gasteiger charge is -2.26. The number of benzene rings is 2. The molecule has 14 heteroatoms. The Bertz CT molecular complexity index is 1800. The second-order valence-electron chi connectivity index (χ2n) is 11.6. The highest BCUT2D eigenvalue weighted by Gasteiger charge is 2.30. The number of aliphatic carboxylic acids is 1. The van der Waals surface area contributed by atoms with Gasteiger partial charge < -0.3 is 10.4 Å². The number of hydrogen-bond acceptors (Lipinski definition) is 8. The first-order valence-electron chi connectivity index (χ1n) is 13.8. The normalized spacial score (nSPS) is 17.3. The van der Waals surface area contributed by atoms with E-state index in [0.717, 1.165) is 24.3 Å². The first-order chi connectivity index (χ1) is 20.7. The zero-order chi connectivity index (χ0) is 31.8. The summed E-state index contributed by atoms with van der Waals surface area (Å²) in [7, 11) is -4.82. The minimum absolute atomic E-state index is 0.00615. The molecule has 9 nitrogen and oxygen atoms in total. The van der Waals surface area contributed by atoms with Crippen molar-refractivity contribution in [1.29, 1.82) is 0 Å². The Hall–Kier alpha value is -4.04. The van der Waals surface area contributed by atoms with Crippen molar-refractivity contribution >= 4 is 39.0 Å². The molecule has 2 aromatic carbocycles. The maximum absolute atomic E-state index is 16.0. The van der Waals surface area contributed by atoms with Crippen molar-refractivity contribution in [3.63, 3.8) is 0 Å². The summed E-state index contributed by atoms with van der Waals surface area (Å²) >= 11 is 1.30. The molecule has 2 aromatic heterocycles. The summed E-state index contributed by atoms with van der Waals surface area (Å²) < 4.78 is 72.4. The highest BCUT2D eigenvalue weighted by atomic mass is 32.2. The van der Waals surface area contributed by atoms with Gasteiger partial charge in [-0.2, -0.15) is 0 Å². The average molecular weight is 646 g/mol. The van der Waals surface area contributed by atoms with Crippen LogP contribution in [0.5, 0.6) is 0 Å². The van der Waals surface area contributed by atoms with Crippen molar-refractivity contribution in [1.82, 2.24) is 15.0 Å². The molecule has 44 heavy (non-hydrogen) atoms. The van der Waals surface area contributed by atoms with Crippen LogP contribution in [0, 0.1) is 23.4 Å². The summed E-state index contributed by atoms with van der Waals surface area (Å²) in [5.41, 5.74) is -0.317. The minimum atomic E-state index is -4.82. The van der Waals surface area contributed by atoms with Gasteiger partial charge in [0, 0.05) is 23.2 Å². The first-order valence-corrected chi connectivity index (χ1v) is 16.1. The summed E-state index contributed by atoms with van der Waals surface area (Å²) in [6.07, 6.45) is 3.94. The number of carboxylic acids is 1. The van der Waals surface area contributed by atoms with Gasteiger partial charge in [0.05, 0.1) is 32.9 Å². The lowest BCUT2D eigenvalue weighted by Crippen LogP contribution is -2.29. The lowest BCUT2D eigenvalue weighted by atomic mass is 9.86. The fourth-order valence-corrected chi connectivity index (χ4v) is 7.25. The predicted molar refractivity (Wildman–Crippen MR) is 161 cm³/mol. The summed E-state index contributed by atoms with van der Waals surface area (Å²) in [4.78, 5) is 24.3. The van der Waals surface area contributed by atoms with Gasteiger partial charge in [-0.15, -0.1) is 11.3 Å². The number of sulfonamides is 1. The van der Waals surface area contributed by atoms with E-state index in [4.69, 9.17) is 4.98 Å². The highest BCUT2D eigenvalue weighted by molar-refractivity contribution is 7.92. The van der Waals surface area contributed by atoms with Crippen LogP contribution in [0.15, 0.2) is 53.6 Å². The largest absolute Gasteiger partial charge is 0.481 e. The van der Waals surface area contributed by atoms with Gasteiger partial charge in [0.2, 0.25) is 5.95 Å². The van der Waals surface area contributed by atoms with E-state index < -0.39 is 49.4 Å². The van der Waals surface area contributed by atoms with Crippen molar-refractivity contribution in [3.05, 3.63) is 71.1 Å². The third kappa shape index (κ3) is 6.55. The number of anilines is 2. The fourth-order valence-electron chi connectivity index (χ4n) is 4.95. The number of rotatable bonds is 8. The van der Waals surface area contributed by atoms with Crippen LogP contribution in [0.25, 0.3) is 21.8 Å². The van der Waals surface area contributed by atoms with Gasteiger partial charge in [-0.05, 0) is 56.0 Å². The van der Waals surface area contributed by atoms with Gasteiger partial charge in [-0.3, -0.25) is 9.52 Å². The maximum Gasteiger partial charge on any atom is 0.306 e. The van der Waals surface area contributed by atoms with Crippen molar-refractivity contribution in [3.8, 4) is 21.8 Å². The second-order valence-corrected chi connectivity index (χ2v) is 14.2. The summed E-state index contributed by atoms with van der Waals surface area (Å²) in [5, 5.41) is 13.2. The van der Waals surface area contributed by atoms with E-state index in [0.29, 0.717) is 47.2 Å². The Morgan fingerprint density at radius 1 is 0.977 bits per heavy atom. The zero-order valence-electron chi connectivity index (χ0n) is 24.1. The molecule has 1 aliphatic carbocycles. The van der Waals surface area contributed by atoms with Crippen molar-refractivity contribution in [2.75, 3.05) is 10.0 Å². The molecule has 1 fully saturated rings. The van der Waals surface area contributed by atoms with Crippen LogP contribution < -0.4 is 10.0 Å². The molecule has 5 rings (SSSR count). The lowest BCUT2D eigenvalue weighted by molar-refractivity contribution is -0.142. The number of nitrogens with one attached hydrogen (secondary N) is 2. The Morgan fingerprint density at radius 3 is 2.27 bits per heavy atom. The van der Waals surface area contributed by atoms with E-state index >= 15 is 4.39 Å². The average Bonchev–Trinajstić information content (AvgIpc) is 3.40. The Kier molecular flexibility index (Phi) is 8.67. The monoisotopic (exact) mass is 645 g/mol. The molecule has 0 saturated heterocycles. The molecule has 3 N–H and O–H groups in total. The molecule has 0 amide bonds. The smallest absolute Gasteiger partial charge is 0.306 e. The third-order valence-electron chi connectivity index (χ3n) is 7.25. The van der Waals surface area contributed by atoms with Gasteiger partial charge >= 0.3 is 5.97 Å². The molecule has 0 bridgehead atoms. The molecule has 232 valence electrons. The summed E-state index contributed by atoms with van der Waals surface area (Å²) in [6.45, 7) is 5.84. The Morgan fingerprint density at radius 2 is 1.64 bits per heavy atom. The standard InChI is InChI=1S/C30H30F3N5O4S2/c1-30(2,3)28-37-24(18-6-4-9-21(23(18)33)38-44(41,42)26-19(31)7-5-8-20(26)32)25(43-28)22-14-15-34-29(36-22)35-17-12-10-16(11-13-17)27(39)40/h4-9,14-17,38H,10-13H2,1-3H3,(H,39,40)(H,34,35,36). The maximum atomic E-state index is 16.0. The Balaban J connectivity index is 1.51. The van der Waals surface area contributed by atoms with E-state index in [2.05, 4.69) is 15.3 Å². The van der Waals surface area contributed by atoms with Crippen LogP contribution in [0.1, 0.15) is 51.5 Å². The quantitative estimate of drug-likeness (QED) is 0.190. The van der Waals surface area contributed by atoms with E-state index in [-0.39, 0.29) is 23.2 Å². The van der Waals surface area contributed by atoms with Crippen molar-refractivity contribution < 1.29 is 31.5 Å². The Labute approximate surface area is 256 Å². The first kappa shape index (κ1) is 31.4. The molecule has 0 aliphatic heterocycles. The van der Waals surface area contributed by atoms with E-state index in [1.165, 1.54) is 23.5 Å². The summed E-state index contributed by atoms with van der Waals surface area (Å²) in [5.74, 6) is -4.44. The van der Waals surface area contributed by atoms with E-state index in [9.17, 15) is 27.1 Å². The number of carboxylic acid groups (broad SMARTS) is 1. The molecular formula is C30H30F3N5O4S2. The zero-order valence-corrected chi connectivity index (χ0v) is 25.7. The number of hydrogen-bond donors (Lipinski definition) is 3. The van der Waals surface area contributed by atoms with E-state index in [1.54, 1.807) is 12.3 Å². The van der Waals surface area contributed by atoms with Gasteiger partial charge in [-0.1, -0.05) is 32.9 Å². The molecule has 0 radical (unpaired) electrons. The number of nitrogens with zero attached hydrogens (tertiary/aromatic N) is 3. The van der Waals surface area contributed by atoms with E-state index in [1.807, 2.05) is 25.5 Å². The number of carbonyl (C=O) groups is 1. The molecule has 1 aliphatic rings. The molecule has 0 atom stereocenters. The van der Waals surface area contributed by atoms with Gasteiger partial charge in [0.25, 0.3) is 10.0 Å². The van der Waals surface area contributed by atoms with Crippen LogP contribution in [-0.4, -0.2) is 40.5 Å². The van der Waals surface area contributed by atoms with Crippen LogP contribution in [0.4, 0.5) is 24.8 Å². The summed E-state index contributed by atoms with van der Waals surface area (Å²) in [6, 6.07) is 8.27. The number of thiazole rings is 1. The fraction of sp³-hybridized carbons (Fsp3) is 0.333. The SMILES string of the molecule is CC(C)(C)c1nc(-c2cccc(NS(=O)(=O)c3c(F)cccc3F)c2F)c(-c2ccnc(NC3CCC(C(=O)O)CC3)n2)s1. The van der Waals surface area contributed by atoms with Crippen LogP contribution in [0.2, 0.25) is 0 Å². The number of aromatic nitrogens is 3. The molecule has 1 saturated carbocycles.